The van der Waals surface area contributed by atoms with Crippen LogP contribution < -0.4 is 5.73 Å². The molecule has 0 aromatic heterocycles. The molecule has 0 saturated carbocycles. The van der Waals surface area contributed by atoms with E-state index in [1.807, 2.05) is 18.2 Å². The summed E-state index contributed by atoms with van der Waals surface area (Å²) in [5, 5.41) is 0. The van der Waals surface area contributed by atoms with Gasteiger partial charge in [-0.1, -0.05) is 54.6 Å². The first-order valence-corrected chi connectivity index (χ1v) is 6.17. The van der Waals surface area contributed by atoms with Crippen LogP contribution in [0.2, 0.25) is 0 Å². The second-order valence-electron chi connectivity index (χ2n) is 4.55. The molecule has 0 bridgehead atoms. The van der Waals surface area contributed by atoms with Crippen molar-refractivity contribution in [3.8, 4) is 0 Å². The van der Waals surface area contributed by atoms with Crippen molar-refractivity contribution < 1.29 is 0 Å². The van der Waals surface area contributed by atoms with Crippen molar-refractivity contribution in [1.29, 1.82) is 0 Å². The molecule has 1 atom stereocenters. The van der Waals surface area contributed by atoms with E-state index < -0.39 is 0 Å². The van der Waals surface area contributed by atoms with Crippen LogP contribution in [0.1, 0.15) is 22.9 Å². The predicted molar refractivity (Wildman–Crippen MR) is 74.4 cm³/mol. The Labute approximate surface area is 107 Å². The van der Waals surface area contributed by atoms with Crippen LogP contribution in [0.4, 0.5) is 0 Å². The van der Waals surface area contributed by atoms with Gasteiger partial charge < -0.3 is 10.6 Å². The highest BCUT2D eigenvalue weighted by atomic mass is 15.2. The van der Waals surface area contributed by atoms with E-state index in [2.05, 4.69) is 53.6 Å². The van der Waals surface area contributed by atoms with Crippen molar-refractivity contribution in [2.45, 2.75) is 12.7 Å². The Morgan fingerprint density at radius 2 is 1.67 bits per heavy atom. The summed E-state index contributed by atoms with van der Waals surface area (Å²) in [7, 11) is 0. The zero-order chi connectivity index (χ0) is 12.4. The van der Waals surface area contributed by atoms with Gasteiger partial charge in [-0.2, -0.15) is 0 Å². The summed E-state index contributed by atoms with van der Waals surface area (Å²) in [5.41, 5.74) is 10.00. The molecule has 2 heteroatoms. The molecule has 3 rings (SSSR count). The van der Waals surface area contributed by atoms with Gasteiger partial charge in [-0.25, -0.2) is 0 Å². The fourth-order valence-electron chi connectivity index (χ4n) is 2.32. The third-order valence-electron chi connectivity index (χ3n) is 3.33. The van der Waals surface area contributed by atoms with Crippen LogP contribution in [0.3, 0.4) is 0 Å². The molecule has 0 saturated heterocycles. The predicted octanol–water partition coefficient (Wildman–Crippen LogP) is 3.13. The summed E-state index contributed by atoms with van der Waals surface area (Å²) in [4.78, 5) is 2.16. The lowest BCUT2D eigenvalue weighted by molar-refractivity contribution is 0.275. The summed E-state index contributed by atoms with van der Waals surface area (Å²) in [5.74, 6) is 0. The Morgan fingerprint density at radius 1 is 0.944 bits per heavy atom. The van der Waals surface area contributed by atoms with Gasteiger partial charge in [-0.05, 0) is 22.8 Å². The van der Waals surface area contributed by atoms with Crippen molar-refractivity contribution in [3.63, 3.8) is 0 Å². The number of benzene rings is 2. The minimum absolute atomic E-state index is 0.0635. The molecule has 0 amide bonds. The molecule has 2 nitrogen and oxygen atoms in total. The number of hydrogen-bond acceptors (Lipinski definition) is 2. The molecule has 2 aromatic carbocycles. The van der Waals surface area contributed by atoms with E-state index in [0.29, 0.717) is 0 Å². The molecule has 0 fully saturated rings. The molecule has 0 radical (unpaired) electrons. The lowest BCUT2D eigenvalue weighted by Crippen LogP contribution is -2.32. The summed E-state index contributed by atoms with van der Waals surface area (Å²) in [6, 6.07) is 18.7. The first-order valence-electron chi connectivity index (χ1n) is 6.17. The molecule has 0 spiro atoms. The number of rotatable bonds is 2. The Kier molecular flexibility index (Phi) is 2.87. The van der Waals surface area contributed by atoms with E-state index in [1.165, 1.54) is 16.7 Å². The summed E-state index contributed by atoms with van der Waals surface area (Å²) in [6.07, 6.45) is 4.15. The van der Waals surface area contributed by atoms with Crippen LogP contribution in [0.5, 0.6) is 0 Å². The normalized spacial score (nSPS) is 17.6. The number of nitrogens with two attached hydrogens (primary N) is 1. The van der Waals surface area contributed by atoms with Crippen molar-refractivity contribution in [2.75, 3.05) is 0 Å². The first kappa shape index (κ1) is 11.1. The maximum absolute atomic E-state index is 6.31. The first-order chi connectivity index (χ1) is 8.84. The zero-order valence-corrected chi connectivity index (χ0v) is 10.2. The minimum atomic E-state index is -0.0635. The zero-order valence-electron chi connectivity index (χ0n) is 10.2. The Bertz CT molecular complexity index is 560. The van der Waals surface area contributed by atoms with Crippen LogP contribution in [0.15, 0.2) is 60.8 Å². The van der Waals surface area contributed by atoms with Crippen LogP contribution in [-0.2, 0) is 6.54 Å². The number of nitrogens with zero attached hydrogens (tertiary/aromatic N) is 1. The van der Waals surface area contributed by atoms with E-state index in [1.54, 1.807) is 0 Å². The van der Waals surface area contributed by atoms with Crippen molar-refractivity contribution in [3.05, 3.63) is 77.5 Å². The lowest BCUT2D eigenvalue weighted by Gasteiger charge is -2.32. The van der Waals surface area contributed by atoms with Gasteiger partial charge in [0.25, 0.3) is 0 Å². The SMILES string of the molecule is NC1c2ccccc2C=CN1Cc1ccccc1. The Balaban J connectivity index is 1.85. The van der Waals surface area contributed by atoms with Gasteiger partial charge in [-0.3, -0.25) is 0 Å². The molecule has 2 N–H and O–H groups in total. The summed E-state index contributed by atoms with van der Waals surface area (Å²) >= 11 is 0. The molecule has 1 aliphatic rings. The highest BCUT2D eigenvalue weighted by Gasteiger charge is 2.18. The van der Waals surface area contributed by atoms with Crippen LogP contribution in [0, 0.1) is 0 Å². The highest BCUT2D eigenvalue weighted by molar-refractivity contribution is 5.56. The third kappa shape index (κ3) is 2.03. The number of fused-ring (bicyclic) bond motifs is 1. The topological polar surface area (TPSA) is 29.3 Å². The molecule has 1 unspecified atom stereocenters. The molecular formula is C16H16N2. The second-order valence-corrected chi connectivity index (χ2v) is 4.55. The highest BCUT2D eigenvalue weighted by Crippen LogP contribution is 2.27. The molecule has 90 valence electrons. The van der Waals surface area contributed by atoms with Crippen LogP contribution >= 0.6 is 0 Å². The van der Waals surface area contributed by atoms with E-state index in [9.17, 15) is 0 Å². The van der Waals surface area contributed by atoms with Crippen LogP contribution in [-0.4, -0.2) is 4.90 Å². The van der Waals surface area contributed by atoms with E-state index >= 15 is 0 Å². The van der Waals surface area contributed by atoms with Gasteiger partial charge in [0.1, 0.15) is 6.17 Å². The second kappa shape index (κ2) is 4.67. The molecule has 0 aliphatic carbocycles. The van der Waals surface area contributed by atoms with E-state index in [0.717, 1.165) is 6.54 Å². The Morgan fingerprint density at radius 3 is 2.50 bits per heavy atom. The van der Waals surface area contributed by atoms with Crippen molar-refractivity contribution in [1.82, 2.24) is 4.90 Å². The van der Waals surface area contributed by atoms with Crippen LogP contribution in [0.25, 0.3) is 6.08 Å². The lowest BCUT2D eigenvalue weighted by atomic mass is 10.0. The smallest absolute Gasteiger partial charge is 0.104 e. The minimum Gasteiger partial charge on any atom is -0.354 e. The molecule has 2 aromatic rings. The fourth-order valence-corrected chi connectivity index (χ4v) is 2.32. The quantitative estimate of drug-likeness (QED) is 0.868. The van der Waals surface area contributed by atoms with E-state index in [-0.39, 0.29) is 6.17 Å². The van der Waals surface area contributed by atoms with Gasteiger partial charge in [0.15, 0.2) is 0 Å². The fraction of sp³-hybridized carbons (Fsp3) is 0.125. The molecular weight excluding hydrogens is 220 g/mol. The average molecular weight is 236 g/mol. The summed E-state index contributed by atoms with van der Waals surface area (Å²) in [6.45, 7) is 0.840. The third-order valence-corrected chi connectivity index (χ3v) is 3.33. The molecule has 18 heavy (non-hydrogen) atoms. The largest absolute Gasteiger partial charge is 0.354 e. The van der Waals surface area contributed by atoms with Crippen molar-refractivity contribution >= 4 is 6.08 Å². The monoisotopic (exact) mass is 236 g/mol. The maximum Gasteiger partial charge on any atom is 0.104 e. The standard InChI is InChI=1S/C16H16N2/c17-16-15-9-5-4-8-14(15)10-11-18(16)12-13-6-2-1-3-7-13/h1-11,16H,12,17H2. The Hall–Kier alpha value is -2.06. The van der Waals surface area contributed by atoms with Crippen molar-refractivity contribution in [2.24, 2.45) is 5.73 Å². The average Bonchev–Trinajstić information content (AvgIpc) is 2.43. The molecule has 1 heterocycles. The van der Waals surface area contributed by atoms with Gasteiger partial charge >= 0.3 is 0 Å². The molecule has 1 aliphatic heterocycles. The number of hydrogen-bond donors (Lipinski definition) is 1. The van der Waals surface area contributed by atoms with Gasteiger partial charge in [0, 0.05) is 12.7 Å². The van der Waals surface area contributed by atoms with Gasteiger partial charge in [0.2, 0.25) is 0 Å². The van der Waals surface area contributed by atoms with E-state index in [4.69, 9.17) is 5.73 Å². The van der Waals surface area contributed by atoms with Gasteiger partial charge in [-0.15, -0.1) is 0 Å². The van der Waals surface area contributed by atoms with Gasteiger partial charge in [0.05, 0.1) is 0 Å². The maximum atomic E-state index is 6.31. The summed E-state index contributed by atoms with van der Waals surface area (Å²) < 4.78 is 0.